The molecule has 2 nitrogen and oxygen atoms in total. The minimum absolute atomic E-state index is 0.175. The van der Waals surface area contributed by atoms with Crippen LogP contribution in [0.2, 0.25) is 0 Å². The van der Waals surface area contributed by atoms with Gasteiger partial charge < -0.3 is 10.1 Å². The van der Waals surface area contributed by atoms with Crippen LogP contribution in [0.3, 0.4) is 0 Å². The van der Waals surface area contributed by atoms with E-state index >= 15 is 0 Å². The molecule has 2 aromatic rings. The van der Waals surface area contributed by atoms with Crippen molar-refractivity contribution in [2.24, 2.45) is 0 Å². The maximum absolute atomic E-state index is 6.30. The zero-order valence-corrected chi connectivity index (χ0v) is 12.8. The van der Waals surface area contributed by atoms with Gasteiger partial charge in [-0.05, 0) is 41.8 Å². The van der Waals surface area contributed by atoms with E-state index in [1.807, 2.05) is 0 Å². The number of fused-ring (bicyclic) bond motifs is 1. The minimum atomic E-state index is 0.175. The second-order valence-corrected chi connectivity index (χ2v) is 5.60. The lowest BCUT2D eigenvalue weighted by Crippen LogP contribution is -2.32. The first kappa shape index (κ1) is 14.2. The van der Waals surface area contributed by atoms with Crippen molar-refractivity contribution in [3.63, 3.8) is 0 Å². The van der Waals surface area contributed by atoms with Crippen molar-refractivity contribution in [2.75, 3.05) is 6.54 Å². The van der Waals surface area contributed by atoms with Gasteiger partial charge in [0.25, 0.3) is 0 Å². The maximum atomic E-state index is 6.30. The summed E-state index contributed by atoms with van der Waals surface area (Å²) in [4.78, 5) is 0. The summed E-state index contributed by atoms with van der Waals surface area (Å²) in [7, 11) is 0. The maximum Gasteiger partial charge on any atom is 0.122 e. The Kier molecular flexibility index (Phi) is 4.26. The molecule has 0 spiro atoms. The van der Waals surface area contributed by atoms with Gasteiger partial charge in [-0.25, -0.2) is 0 Å². The zero-order chi connectivity index (χ0) is 14.7. The van der Waals surface area contributed by atoms with Gasteiger partial charge in [-0.15, -0.1) is 0 Å². The Balaban J connectivity index is 1.82. The van der Waals surface area contributed by atoms with E-state index in [0.717, 1.165) is 25.1 Å². The van der Waals surface area contributed by atoms with E-state index in [9.17, 15) is 0 Å². The van der Waals surface area contributed by atoms with Gasteiger partial charge in [0.2, 0.25) is 0 Å². The molecule has 2 atom stereocenters. The fraction of sp³-hybridized carbons (Fsp3) is 0.368. The number of hydrogen-bond acceptors (Lipinski definition) is 2. The van der Waals surface area contributed by atoms with Crippen LogP contribution in [-0.4, -0.2) is 12.6 Å². The molecule has 0 saturated heterocycles. The highest BCUT2D eigenvalue weighted by molar-refractivity contribution is 5.38. The lowest BCUT2D eigenvalue weighted by Gasteiger charge is -2.23. The molecule has 2 aromatic carbocycles. The second-order valence-electron chi connectivity index (χ2n) is 5.60. The van der Waals surface area contributed by atoms with Crippen LogP contribution < -0.4 is 10.1 Å². The Morgan fingerprint density at radius 2 is 1.95 bits per heavy atom. The van der Waals surface area contributed by atoms with Gasteiger partial charge >= 0.3 is 0 Å². The summed E-state index contributed by atoms with van der Waals surface area (Å²) in [6.45, 7) is 5.27. The Morgan fingerprint density at radius 1 is 1.10 bits per heavy atom. The minimum Gasteiger partial charge on any atom is -0.488 e. The topological polar surface area (TPSA) is 21.3 Å². The smallest absolute Gasteiger partial charge is 0.122 e. The Bertz CT molecular complexity index is 608. The number of likely N-dealkylation sites (N-methyl/N-ethyl adjacent to an activating group) is 1. The van der Waals surface area contributed by atoms with E-state index in [1.54, 1.807) is 0 Å². The average Bonchev–Trinajstić information content (AvgIpc) is 2.86. The highest BCUT2D eigenvalue weighted by atomic mass is 16.5. The first-order valence-corrected chi connectivity index (χ1v) is 7.88. The van der Waals surface area contributed by atoms with Gasteiger partial charge in [-0.1, -0.05) is 50.2 Å². The molecule has 3 rings (SSSR count). The van der Waals surface area contributed by atoms with Crippen molar-refractivity contribution in [1.29, 1.82) is 0 Å². The van der Waals surface area contributed by atoms with Crippen LogP contribution in [0, 0.1) is 0 Å². The number of ether oxygens (including phenoxy) is 1. The third-order valence-corrected chi connectivity index (χ3v) is 4.20. The number of rotatable bonds is 5. The van der Waals surface area contributed by atoms with Crippen molar-refractivity contribution < 1.29 is 4.74 Å². The predicted octanol–water partition coefficient (Wildman–Crippen LogP) is 3.90. The third kappa shape index (κ3) is 2.96. The van der Waals surface area contributed by atoms with Gasteiger partial charge in [0.15, 0.2) is 0 Å². The molecule has 0 aromatic heterocycles. The van der Waals surface area contributed by atoms with Crippen LogP contribution in [0.15, 0.2) is 48.5 Å². The first-order valence-electron chi connectivity index (χ1n) is 7.88. The van der Waals surface area contributed by atoms with Crippen LogP contribution >= 0.6 is 0 Å². The zero-order valence-electron chi connectivity index (χ0n) is 12.8. The van der Waals surface area contributed by atoms with E-state index in [4.69, 9.17) is 4.74 Å². The van der Waals surface area contributed by atoms with Crippen LogP contribution in [0.1, 0.15) is 36.6 Å². The summed E-state index contributed by atoms with van der Waals surface area (Å²) in [5.41, 5.74) is 4.11. The van der Waals surface area contributed by atoms with E-state index in [-0.39, 0.29) is 12.1 Å². The van der Waals surface area contributed by atoms with Gasteiger partial charge in [0.1, 0.15) is 11.9 Å². The lowest BCUT2D eigenvalue weighted by molar-refractivity contribution is 0.168. The largest absolute Gasteiger partial charge is 0.488 e. The van der Waals surface area contributed by atoms with Crippen LogP contribution in [-0.2, 0) is 12.8 Å². The van der Waals surface area contributed by atoms with Gasteiger partial charge in [0, 0.05) is 6.42 Å². The summed E-state index contributed by atoms with van der Waals surface area (Å²) in [5.74, 6) is 0.982. The van der Waals surface area contributed by atoms with Crippen molar-refractivity contribution >= 4 is 0 Å². The Labute approximate surface area is 127 Å². The fourth-order valence-corrected chi connectivity index (χ4v) is 3.14. The molecule has 0 fully saturated rings. The van der Waals surface area contributed by atoms with E-state index in [0.29, 0.717) is 0 Å². The van der Waals surface area contributed by atoms with E-state index in [2.05, 4.69) is 67.7 Å². The summed E-state index contributed by atoms with van der Waals surface area (Å²) in [5, 5.41) is 3.57. The van der Waals surface area contributed by atoms with Crippen molar-refractivity contribution in [1.82, 2.24) is 5.32 Å². The molecular weight excluding hydrogens is 258 g/mol. The summed E-state index contributed by atoms with van der Waals surface area (Å²) < 4.78 is 6.30. The van der Waals surface area contributed by atoms with Crippen LogP contribution in [0.4, 0.5) is 0 Å². The Hall–Kier alpha value is -1.80. The molecular formula is C19H23NO. The van der Waals surface area contributed by atoms with Crippen molar-refractivity contribution in [3.8, 4) is 5.75 Å². The second kappa shape index (κ2) is 6.31. The fourth-order valence-electron chi connectivity index (χ4n) is 3.14. The monoisotopic (exact) mass is 281 g/mol. The normalized spacial score (nSPS) is 20.3. The van der Waals surface area contributed by atoms with Crippen LogP contribution in [0.5, 0.6) is 5.75 Å². The molecule has 110 valence electrons. The molecule has 1 aliphatic rings. The van der Waals surface area contributed by atoms with Gasteiger partial charge in [-0.3, -0.25) is 0 Å². The third-order valence-electron chi connectivity index (χ3n) is 4.20. The van der Waals surface area contributed by atoms with Crippen molar-refractivity contribution in [2.45, 2.75) is 38.8 Å². The molecule has 0 aliphatic heterocycles. The Morgan fingerprint density at radius 3 is 2.76 bits per heavy atom. The molecule has 21 heavy (non-hydrogen) atoms. The number of nitrogens with one attached hydrogen (secondary N) is 1. The number of aryl methyl sites for hydroxylation is 1. The quantitative estimate of drug-likeness (QED) is 0.897. The molecule has 1 N–H and O–H groups in total. The number of hydrogen-bond donors (Lipinski definition) is 1. The highest BCUT2D eigenvalue weighted by Crippen LogP contribution is 2.34. The molecule has 2 heteroatoms. The SMILES string of the molecule is CCNC1c2ccccc2CC1Oc1cccc(CC)c1. The summed E-state index contributed by atoms with van der Waals surface area (Å²) in [6, 6.07) is 17.4. The number of benzene rings is 2. The van der Waals surface area contributed by atoms with Crippen molar-refractivity contribution in [3.05, 3.63) is 65.2 Å². The highest BCUT2D eigenvalue weighted by Gasteiger charge is 2.33. The first-order chi connectivity index (χ1) is 10.3. The van der Waals surface area contributed by atoms with E-state index in [1.165, 1.54) is 16.7 Å². The molecule has 0 radical (unpaired) electrons. The molecule has 0 amide bonds. The average molecular weight is 281 g/mol. The molecule has 2 unspecified atom stereocenters. The molecule has 1 aliphatic carbocycles. The molecule has 0 saturated carbocycles. The van der Waals surface area contributed by atoms with Gasteiger partial charge in [-0.2, -0.15) is 0 Å². The standard InChI is InChI=1S/C19H23NO/c1-3-14-8-7-10-16(12-14)21-18-13-15-9-5-6-11-17(15)19(18)20-4-2/h5-12,18-20H,3-4,13H2,1-2H3. The predicted molar refractivity (Wildman–Crippen MR) is 86.8 cm³/mol. The van der Waals surface area contributed by atoms with Crippen LogP contribution in [0.25, 0.3) is 0 Å². The summed E-state index contributed by atoms with van der Waals surface area (Å²) in [6.07, 6.45) is 2.19. The lowest BCUT2D eigenvalue weighted by atomic mass is 10.1. The van der Waals surface area contributed by atoms with Gasteiger partial charge in [0.05, 0.1) is 6.04 Å². The molecule has 0 heterocycles. The summed E-state index contributed by atoms with van der Waals surface area (Å²) >= 11 is 0. The molecule has 0 bridgehead atoms. The van der Waals surface area contributed by atoms with E-state index < -0.39 is 0 Å².